The zero-order chi connectivity index (χ0) is 4.12. The standard InChI is InChI=1S/H5N5/c1-3-5-4-2/h(H,3,4)(H4,1,2,5). The predicted octanol–water partition coefficient (Wildman–Crippen LogP) is -1.31. The maximum atomic E-state index is 4.55. The van der Waals surface area contributed by atoms with Crippen molar-refractivity contribution < 1.29 is 0 Å². The molecule has 30 valence electrons. The molecule has 0 radical (unpaired) electrons. The van der Waals surface area contributed by atoms with Crippen molar-refractivity contribution in [1.29, 1.82) is 0 Å². The van der Waals surface area contributed by atoms with E-state index in [1.807, 2.05) is 5.53 Å². The molecule has 0 aliphatic rings. The molecule has 5 heteroatoms. The lowest BCUT2D eigenvalue weighted by Gasteiger charge is -1.73. The van der Waals surface area contributed by atoms with E-state index in [4.69, 9.17) is 0 Å². The average molecular weight is 75.1 g/mol. The summed E-state index contributed by atoms with van der Waals surface area (Å²) in [5.41, 5.74) is 1.85. The Morgan fingerprint density at radius 2 is 2.20 bits per heavy atom. The van der Waals surface area contributed by atoms with Crippen LogP contribution in [0.15, 0.2) is 10.4 Å². The fourth-order valence-electron chi connectivity index (χ4n) is 0.0333. The number of hydrazine groups is 1. The van der Waals surface area contributed by atoms with Crippen LogP contribution in [0.25, 0.3) is 0 Å². The number of nitrogens with zero attached hydrogens (tertiary/aromatic N) is 2. The van der Waals surface area contributed by atoms with E-state index in [2.05, 4.69) is 22.1 Å². The van der Waals surface area contributed by atoms with Gasteiger partial charge in [-0.2, -0.15) is 0 Å². The highest BCUT2D eigenvalue weighted by Crippen LogP contribution is 1.40. The van der Waals surface area contributed by atoms with Gasteiger partial charge < -0.3 is 5.84 Å². The highest BCUT2D eigenvalue weighted by atomic mass is 15.6. The second-order valence-corrected chi connectivity index (χ2v) is 0.345. The molecule has 0 aromatic carbocycles. The fourth-order valence-corrected chi connectivity index (χ4v) is 0.0333. The van der Waals surface area contributed by atoms with E-state index in [0.717, 1.165) is 0 Å². The lowest BCUT2D eigenvalue weighted by atomic mass is 12.4. The Morgan fingerprint density at radius 3 is 2.20 bits per heavy atom. The fraction of sp³-hybridized carbons (Fsp3) is 0. The molecule has 0 aliphatic heterocycles. The van der Waals surface area contributed by atoms with E-state index >= 15 is 0 Å². The van der Waals surface area contributed by atoms with Gasteiger partial charge in [-0.25, -0.2) is 11.4 Å². The molecule has 0 heterocycles. The van der Waals surface area contributed by atoms with Crippen molar-refractivity contribution in [3.05, 3.63) is 0 Å². The van der Waals surface area contributed by atoms with Crippen LogP contribution in [0.2, 0.25) is 0 Å². The Labute approximate surface area is 29.0 Å². The van der Waals surface area contributed by atoms with E-state index in [1.165, 1.54) is 0 Å². The zero-order valence-corrected chi connectivity index (χ0v) is 2.55. The molecule has 0 fully saturated rings. The molecule has 0 saturated heterocycles. The second-order valence-electron chi connectivity index (χ2n) is 0.345. The van der Waals surface area contributed by atoms with Gasteiger partial charge in [0, 0.05) is 0 Å². The Balaban J connectivity index is 2.62. The monoisotopic (exact) mass is 75.1 g/mol. The summed E-state index contributed by atoms with van der Waals surface area (Å²) < 4.78 is 0. The minimum atomic E-state index is 1.85. The van der Waals surface area contributed by atoms with Gasteiger partial charge in [0.05, 0.1) is 0 Å². The van der Waals surface area contributed by atoms with Crippen LogP contribution in [0.1, 0.15) is 0 Å². The van der Waals surface area contributed by atoms with E-state index in [1.54, 1.807) is 0 Å². The number of nitrogens with two attached hydrogens (primary N) is 2. The van der Waals surface area contributed by atoms with Crippen molar-refractivity contribution in [2.75, 3.05) is 0 Å². The largest absolute Gasteiger partial charge is 0.303 e. The Hall–Kier alpha value is -0.840. The van der Waals surface area contributed by atoms with Gasteiger partial charge >= 0.3 is 0 Å². The summed E-state index contributed by atoms with van der Waals surface area (Å²) in [7, 11) is 0. The third-order valence-corrected chi connectivity index (χ3v) is 0.115. The maximum absolute atomic E-state index is 4.55. The first kappa shape index (κ1) is 4.16. The summed E-state index contributed by atoms with van der Waals surface area (Å²) in [6.45, 7) is 0. The molecule has 0 aromatic heterocycles. The normalized spacial score (nSPS) is 9.00. The van der Waals surface area contributed by atoms with Crippen LogP contribution in [0.4, 0.5) is 0 Å². The number of hydrogen-bond acceptors (Lipinski definition) is 3. The van der Waals surface area contributed by atoms with E-state index in [0.29, 0.717) is 0 Å². The molecule has 0 unspecified atom stereocenters. The molecule has 0 aliphatic carbocycles. The van der Waals surface area contributed by atoms with Gasteiger partial charge in [0.25, 0.3) is 0 Å². The molecule has 5 heavy (non-hydrogen) atoms. The third-order valence-electron chi connectivity index (χ3n) is 0.115. The van der Waals surface area contributed by atoms with Gasteiger partial charge in [0.15, 0.2) is 0 Å². The molecule has 0 spiro atoms. The Morgan fingerprint density at radius 1 is 1.60 bits per heavy atom. The smallest absolute Gasteiger partial charge is 0.0408 e. The van der Waals surface area contributed by atoms with Crippen LogP contribution in [0.3, 0.4) is 0 Å². The summed E-state index contributed by atoms with van der Waals surface area (Å²) in [5, 5.41) is 5.65. The van der Waals surface area contributed by atoms with Crippen molar-refractivity contribution in [3.8, 4) is 0 Å². The Kier molecular flexibility index (Phi) is 2.63. The second kappa shape index (κ2) is 3.16. The molecule has 0 saturated carbocycles. The summed E-state index contributed by atoms with van der Waals surface area (Å²) in [6, 6.07) is 0. The van der Waals surface area contributed by atoms with Gasteiger partial charge in [-0.15, -0.1) is 0 Å². The topological polar surface area (TPSA) is 88.8 Å². The lowest BCUT2D eigenvalue weighted by Crippen LogP contribution is -2.12. The van der Waals surface area contributed by atoms with Gasteiger partial charge in [-0.1, -0.05) is 5.22 Å². The van der Waals surface area contributed by atoms with Crippen LogP contribution in [-0.4, -0.2) is 0 Å². The molecule has 0 rings (SSSR count). The van der Waals surface area contributed by atoms with E-state index in [-0.39, 0.29) is 0 Å². The molecular weight excluding hydrogens is 70.0 g/mol. The Bertz CT molecular complexity index is 27.0. The summed E-state index contributed by atoms with van der Waals surface area (Å²) in [6.07, 6.45) is 0. The molecule has 0 atom stereocenters. The summed E-state index contributed by atoms with van der Waals surface area (Å²) in [4.78, 5) is 0. The first-order chi connectivity index (χ1) is 2.41. The average Bonchev–Trinajstić information content (AvgIpc) is 1.41. The van der Waals surface area contributed by atoms with E-state index < -0.39 is 0 Å². The number of hydrogen-bond donors (Lipinski definition) is 3. The van der Waals surface area contributed by atoms with Crippen LogP contribution in [-0.2, 0) is 0 Å². The van der Waals surface area contributed by atoms with Crippen molar-refractivity contribution in [2.24, 2.45) is 22.1 Å². The zero-order valence-electron chi connectivity index (χ0n) is 2.55. The molecular formula is H5N5. The summed E-state index contributed by atoms with van der Waals surface area (Å²) >= 11 is 0. The van der Waals surface area contributed by atoms with Crippen molar-refractivity contribution in [3.63, 3.8) is 0 Å². The first-order valence-electron chi connectivity index (χ1n) is 0.970. The third kappa shape index (κ3) is 3.16. The first-order valence-corrected chi connectivity index (χ1v) is 0.970. The number of nitrogens with one attached hydrogen (secondary N) is 1. The predicted molar refractivity (Wildman–Crippen MR) is 16.4 cm³/mol. The highest BCUT2D eigenvalue weighted by Gasteiger charge is 1.44. The van der Waals surface area contributed by atoms with Gasteiger partial charge in [0.1, 0.15) is 0 Å². The van der Waals surface area contributed by atoms with Crippen LogP contribution in [0, 0.1) is 0 Å². The van der Waals surface area contributed by atoms with Gasteiger partial charge in [0.2, 0.25) is 0 Å². The lowest BCUT2D eigenvalue weighted by molar-refractivity contribution is 0.719. The molecule has 0 bridgehead atoms. The number of rotatable bonds is 1. The van der Waals surface area contributed by atoms with Gasteiger partial charge in [-0.3, -0.25) is 0 Å². The van der Waals surface area contributed by atoms with Crippen molar-refractivity contribution in [2.45, 2.75) is 0 Å². The van der Waals surface area contributed by atoms with Crippen LogP contribution < -0.4 is 17.2 Å². The SMILES string of the molecule is NN=NNN. The van der Waals surface area contributed by atoms with Crippen molar-refractivity contribution in [1.82, 2.24) is 5.53 Å². The molecule has 5 nitrogen and oxygen atoms in total. The molecule has 0 amide bonds. The van der Waals surface area contributed by atoms with Gasteiger partial charge in [-0.05, 0) is 5.22 Å². The van der Waals surface area contributed by atoms with Crippen LogP contribution in [0.5, 0.6) is 0 Å². The van der Waals surface area contributed by atoms with Crippen LogP contribution >= 0.6 is 0 Å². The van der Waals surface area contributed by atoms with Crippen molar-refractivity contribution >= 4 is 0 Å². The molecule has 0 aromatic rings. The summed E-state index contributed by atoms with van der Waals surface area (Å²) in [5.74, 6) is 9.00. The minimum Gasteiger partial charge on any atom is -0.303 e. The quantitative estimate of drug-likeness (QED) is 0.205. The maximum Gasteiger partial charge on any atom is -0.0408 e. The van der Waals surface area contributed by atoms with E-state index in [9.17, 15) is 0 Å². The minimum absolute atomic E-state index is 1.85. The molecule has 5 N–H and O–H groups in total. The highest BCUT2D eigenvalue weighted by molar-refractivity contribution is 3.90.